The van der Waals surface area contributed by atoms with Gasteiger partial charge in [-0.25, -0.2) is 4.79 Å². The molecule has 1 fully saturated rings. The molecule has 3 rings (SSSR count). The zero-order valence-corrected chi connectivity index (χ0v) is 11.8. The lowest BCUT2D eigenvalue weighted by molar-refractivity contribution is 0.170. The van der Waals surface area contributed by atoms with Gasteiger partial charge in [0.2, 0.25) is 0 Å². The summed E-state index contributed by atoms with van der Waals surface area (Å²) in [5, 5.41) is 10.4. The lowest BCUT2D eigenvalue weighted by Gasteiger charge is -2.23. The number of amidine groups is 1. The summed E-state index contributed by atoms with van der Waals surface area (Å²) in [4.78, 5) is 13.0. The summed E-state index contributed by atoms with van der Waals surface area (Å²) in [6, 6.07) is 2.97. The number of halogens is 1. The smallest absolute Gasteiger partial charge is 0.323 e. The van der Waals surface area contributed by atoms with Crippen LogP contribution in [0.25, 0.3) is 0 Å². The Bertz CT molecular complexity index is 576. The van der Waals surface area contributed by atoms with Gasteiger partial charge < -0.3 is 14.4 Å². The van der Waals surface area contributed by atoms with E-state index in [0.29, 0.717) is 24.7 Å². The summed E-state index contributed by atoms with van der Waals surface area (Å²) < 4.78 is 11.8. The van der Waals surface area contributed by atoms with Crippen molar-refractivity contribution in [2.45, 2.75) is 6.04 Å². The number of nitrogens with one attached hydrogen (secondary N) is 2. The Morgan fingerprint density at radius 2 is 2.16 bits per heavy atom. The van der Waals surface area contributed by atoms with Crippen molar-refractivity contribution in [3.8, 4) is 11.5 Å². The van der Waals surface area contributed by atoms with E-state index < -0.39 is 6.04 Å². The Kier molecular flexibility index (Phi) is 2.85. The molecule has 1 atom stereocenters. The zero-order valence-electron chi connectivity index (χ0n) is 10.2. The zero-order chi connectivity index (χ0) is 13.6. The molecule has 2 N–H and O–H groups in total. The molecule has 0 aliphatic carbocycles. The molecule has 1 aromatic rings. The molecule has 2 aliphatic heterocycles. The number of urea groups is 1. The molecule has 6 nitrogen and oxygen atoms in total. The van der Waals surface area contributed by atoms with Crippen LogP contribution in [-0.2, 0) is 0 Å². The summed E-state index contributed by atoms with van der Waals surface area (Å²) >= 11 is 3.44. The largest absolute Gasteiger partial charge is 0.486 e. The summed E-state index contributed by atoms with van der Waals surface area (Å²) in [5.74, 6) is 1.47. The van der Waals surface area contributed by atoms with Crippen molar-refractivity contribution in [3.63, 3.8) is 0 Å². The standard InChI is InChI=1S/C12H12BrN3O3/c1-16-9(11(14)15-12(16)17)6-4-7(13)10-8(5-6)18-2-3-19-10/h4-5,9H,2-3H2,1H3,(H2,14,15,17). The first-order chi connectivity index (χ1) is 9.08. The number of fused-ring (bicyclic) bond motifs is 1. The van der Waals surface area contributed by atoms with E-state index in [1.807, 2.05) is 12.1 Å². The summed E-state index contributed by atoms with van der Waals surface area (Å²) in [6.07, 6.45) is 0. The van der Waals surface area contributed by atoms with Gasteiger partial charge in [0.1, 0.15) is 25.1 Å². The van der Waals surface area contributed by atoms with Crippen LogP contribution in [0.3, 0.4) is 0 Å². The van der Waals surface area contributed by atoms with Crippen LogP contribution in [0.1, 0.15) is 11.6 Å². The number of hydrogen-bond acceptors (Lipinski definition) is 4. The SMILES string of the molecule is CN1C(=O)NC(=N)C1c1cc(Br)c2c(c1)OCCO2. The Morgan fingerprint density at radius 1 is 1.42 bits per heavy atom. The number of amides is 2. The molecule has 100 valence electrons. The number of benzene rings is 1. The predicted octanol–water partition coefficient (Wildman–Crippen LogP) is 1.89. The molecule has 1 saturated heterocycles. The highest BCUT2D eigenvalue weighted by molar-refractivity contribution is 9.10. The Hall–Kier alpha value is -1.76. The lowest BCUT2D eigenvalue weighted by Crippen LogP contribution is -2.25. The first-order valence-corrected chi connectivity index (χ1v) is 6.58. The maximum atomic E-state index is 11.5. The average Bonchev–Trinajstić information content (AvgIpc) is 2.63. The highest BCUT2D eigenvalue weighted by Gasteiger charge is 2.35. The highest BCUT2D eigenvalue weighted by atomic mass is 79.9. The molecule has 2 amide bonds. The summed E-state index contributed by atoms with van der Waals surface area (Å²) in [6.45, 7) is 1.02. The number of rotatable bonds is 1. The molecule has 0 radical (unpaired) electrons. The minimum atomic E-state index is -0.417. The van der Waals surface area contributed by atoms with Gasteiger partial charge >= 0.3 is 6.03 Å². The van der Waals surface area contributed by atoms with E-state index in [9.17, 15) is 4.79 Å². The van der Waals surface area contributed by atoms with Crippen LogP contribution in [0, 0.1) is 5.41 Å². The van der Waals surface area contributed by atoms with Gasteiger partial charge in [-0.2, -0.15) is 0 Å². The number of nitrogens with zero attached hydrogens (tertiary/aromatic N) is 1. The van der Waals surface area contributed by atoms with Gasteiger partial charge in [0.25, 0.3) is 0 Å². The van der Waals surface area contributed by atoms with Crippen molar-refractivity contribution >= 4 is 27.8 Å². The van der Waals surface area contributed by atoms with E-state index in [2.05, 4.69) is 21.2 Å². The van der Waals surface area contributed by atoms with Crippen LogP contribution < -0.4 is 14.8 Å². The number of carbonyl (C=O) groups is 1. The molecule has 0 bridgehead atoms. The summed E-state index contributed by atoms with van der Waals surface area (Å²) in [5.41, 5.74) is 0.807. The first kappa shape index (κ1) is 12.3. The minimum absolute atomic E-state index is 0.163. The van der Waals surface area contributed by atoms with E-state index in [0.717, 1.165) is 10.0 Å². The van der Waals surface area contributed by atoms with Crippen LogP contribution >= 0.6 is 15.9 Å². The van der Waals surface area contributed by atoms with Gasteiger partial charge in [-0.1, -0.05) is 0 Å². The molecule has 7 heteroatoms. The number of carbonyl (C=O) groups excluding carboxylic acids is 1. The summed E-state index contributed by atoms with van der Waals surface area (Å²) in [7, 11) is 1.66. The molecular formula is C12H12BrN3O3. The fourth-order valence-electron chi connectivity index (χ4n) is 2.26. The molecule has 0 spiro atoms. The van der Waals surface area contributed by atoms with E-state index in [4.69, 9.17) is 14.9 Å². The molecule has 1 aromatic carbocycles. The minimum Gasteiger partial charge on any atom is -0.486 e. The molecular weight excluding hydrogens is 314 g/mol. The van der Waals surface area contributed by atoms with E-state index in [1.54, 1.807) is 7.05 Å². The number of likely N-dealkylation sites (N-methyl/N-ethyl adjacent to an activating group) is 1. The predicted molar refractivity (Wildman–Crippen MR) is 71.9 cm³/mol. The Labute approximate surface area is 118 Å². The van der Waals surface area contributed by atoms with Gasteiger partial charge in [0.15, 0.2) is 11.5 Å². The van der Waals surface area contributed by atoms with Crippen molar-refractivity contribution in [1.29, 1.82) is 5.41 Å². The second-order valence-electron chi connectivity index (χ2n) is 4.38. The Balaban J connectivity index is 2.04. The maximum Gasteiger partial charge on any atom is 0.323 e. The third-order valence-electron chi connectivity index (χ3n) is 3.16. The number of ether oxygens (including phenoxy) is 2. The topological polar surface area (TPSA) is 74.7 Å². The van der Waals surface area contributed by atoms with Crippen LogP contribution in [0.4, 0.5) is 4.79 Å². The Morgan fingerprint density at radius 3 is 2.84 bits per heavy atom. The van der Waals surface area contributed by atoms with Gasteiger partial charge in [-0.3, -0.25) is 10.7 Å². The third-order valence-corrected chi connectivity index (χ3v) is 3.75. The third kappa shape index (κ3) is 1.94. The van der Waals surface area contributed by atoms with Crippen molar-refractivity contribution < 1.29 is 14.3 Å². The molecule has 0 aromatic heterocycles. The molecule has 2 heterocycles. The second kappa shape index (κ2) is 4.41. The molecule has 19 heavy (non-hydrogen) atoms. The number of hydrogen-bond donors (Lipinski definition) is 2. The van der Waals surface area contributed by atoms with Gasteiger partial charge in [0, 0.05) is 7.05 Å². The average molecular weight is 326 g/mol. The van der Waals surface area contributed by atoms with E-state index in [-0.39, 0.29) is 11.9 Å². The highest BCUT2D eigenvalue weighted by Crippen LogP contribution is 2.41. The van der Waals surface area contributed by atoms with Crippen LogP contribution in [-0.4, -0.2) is 37.0 Å². The van der Waals surface area contributed by atoms with Crippen molar-refractivity contribution in [2.75, 3.05) is 20.3 Å². The fourth-order valence-corrected chi connectivity index (χ4v) is 2.84. The normalized spacial score (nSPS) is 21.6. The van der Waals surface area contributed by atoms with Gasteiger partial charge in [-0.15, -0.1) is 0 Å². The van der Waals surface area contributed by atoms with Crippen molar-refractivity contribution in [1.82, 2.24) is 10.2 Å². The van der Waals surface area contributed by atoms with Gasteiger partial charge in [0.05, 0.1) is 4.47 Å². The van der Waals surface area contributed by atoms with Crippen molar-refractivity contribution in [2.24, 2.45) is 0 Å². The van der Waals surface area contributed by atoms with Crippen LogP contribution in [0.2, 0.25) is 0 Å². The quantitative estimate of drug-likeness (QED) is 0.828. The van der Waals surface area contributed by atoms with Crippen molar-refractivity contribution in [3.05, 3.63) is 22.2 Å². The van der Waals surface area contributed by atoms with Gasteiger partial charge in [-0.05, 0) is 33.6 Å². The maximum absolute atomic E-state index is 11.5. The van der Waals surface area contributed by atoms with Crippen LogP contribution in [0.15, 0.2) is 16.6 Å². The van der Waals surface area contributed by atoms with E-state index in [1.165, 1.54) is 4.90 Å². The lowest BCUT2D eigenvalue weighted by atomic mass is 10.1. The fraction of sp³-hybridized carbons (Fsp3) is 0.333. The molecule has 1 unspecified atom stereocenters. The van der Waals surface area contributed by atoms with E-state index >= 15 is 0 Å². The van der Waals surface area contributed by atoms with Crippen LogP contribution in [0.5, 0.6) is 11.5 Å². The first-order valence-electron chi connectivity index (χ1n) is 5.79. The second-order valence-corrected chi connectivity index (χ2v) is 5.24. The monoisotopic (exact) mass is 325 g/mol. The molecule has 2 aliphatic rings. The molecule has 0 saturated carbocycles.